The van der Waals surface area contributed by atoms with E-state index >= 15 is 0 Å². The Kier molecular flexibility index (Phi) is 5.73. The number of hydrogen-bond donors (Lipinski definition) is 1. The van der Waals surface area contributed by atoms with E-state index in [4.69, 9.17) is 9.84 Å². The summed E-state index contributed by atoms with van der Waals surface area (Å²) in [6.07, 6.45) is 2.05. The van der Waals surface area contributed by atoms with Crippen LogP contribution in [0.25, 0.3) is 11.5 Å². The van der Waals surface area contributed by atoms with Gasteiger partial charge in [0, 0.05) is 17.4 Å². The minimum atomic E-state index is -0.333. The van der Waals surface area contributed by atoms with Gasteiger partial charge in [0.1, 0.15) is 11.6 Å². The van der Waals surface area contributed by atoms with Crippen LogP contribution in [0.15, 0.2) is 103 Å². The monoisotopic (exact) mass is 489 g/mol. The molecule has 184 valence electrons. The van der Waals surface area contributed by atoms with Crippen LogP contribution in [0.3, 0.4) is 0 Å². The molecule has 1 unspecified atom stereocenters. The third-order valence-corrected chi connectivity index (χ3v) is 6.80. The quantitative estimate of drug-likeness (QED) is 0.331. The normalized spacial score (nSPS) is 14.4. The van der Waals surface area contributed by atoms with E-state index < -0.39 is 0 Å². The Morgan fingerprint density at radius 2 is 1.62 bits per heavy atom. The Labute approximate surface area is 215 Å². The fourth-order valence-electron chi connectivity index (χ4n) is 5.00. The first-order chi connectivity index (χ1) is 18.1. The molecule has 2 aromatic heterocycles. The maximum Gasteiger partial charge on any atom is 0.322 e. The molecule has 0 radical (unpaired) electrons. The zero-order chi connectivity index (χ0) is 25.4. The largest absolute Gasteiger partial charge is 0.497 e. The van der Waals surface area contributed by atoms with E-state index in [1.54, 1.807) is 7.11 Å². The van der Waals surface area contributed by atoms with Gasteiger partial charge in [0.15, 0.2) is 0 Å². The first-order valence-corrected chi connectivity index (χ1v) is 12.2. The summed E-state index contributed by atoms with van der Waals surface area (Å²) < 4.78 is 9.53. The Morgan fingerprint density at radius 1 is 0.919 bits per heavy atom. The molecule has 1 aliphatic rings. The molecule has 5 aromatic rings. The van der Waals surface area contributed by atoms with Crippen LogP contribution in [-0.2, 0) is 6.54 Å². The fraction of sp³-hybridized carbons (Fsp3) is 0.133. The minimum absolute atomic E-state index is 0.181. The molecule has 3 aromatic carbocycles. The molecule has 0 saturated carbocycles. The van der Waals surface area contributed by atoms with Crippen LogP contribution in [0.4, 0.5) is 10.5 Å². The molecule has 7 nitrogen and oxygen atoms in total. The van der Waals surface area contributed by atoms with Crippen LogP contribution < -0.4 is 10.1 Å². The van der Waals surface area contributed by atoms with Crippen LogP contribution in [-0.4, -0.2) is 32.4 Å². The van der Waals surface area contributed by atoms with E-state index in [0.717, 1.165) is 45.5 Å². The minimum Gasteiger partial charge on any atom is -0.497 e. The van der Waals surface area contributed by atoms with Gasteiger partial charge >= 0.3 is 6.03 Å². The van der Waals surface area contributed by atoms with Crippen molar-refractivity contribution in [1.29, 1.82) is 0 Å². The number of fused-ring (bicyclic) bond motifs is 3. The number of hydrogen-bond acceptors (Lipinski definition) is 3. The summed E-state index contributed by atoms with van der Waals surface area (Å²) in [4.78, 5) is 15.8. The number of para-hydroxylation sites is 2. The second-order valence-electron chi connectivity index (χ2n) is 9.04. The topological polar surface area (TPSA) is 64.3 Å². The smallest absolute Gasteiger partial charge is 0.322 e. The second-order valence-corrected chi connectivity index (χ2v) is 9.04. The average molecular weight is 490 g/mol. The van der Waals surface area contributed by atoms with Gasteiger partial charge in [0.25, 0.3) is 0 Å². The van der Waals surface area contributed by atoms with Crippen molar-refractivity contribution in [3.63, 3.8) is 0 Å². The summed E-state index contributed by atoms with van der Waals surface area (Å²) in [5, 5.41) is 8.00. The van der Waals surface area contributed by atoms with Crippen LogP contribution in [0.5, 0.6) is 5.75 Å². The Hall–Kier alpha value is -4.78. The highest BCUT2D eigenvalue weighted by Crippen LogP contribution is 2.39. The highest BCUT2D eigenvalue weighted by Gasteiger charge is 2.36. The summed E-state index contributed by atoms with van der Waals surface area (Å²) in [5.74, 6) is 1.71. The number of urea groups is 1. The van der Waals surface area contributed by atoms with Crippen molar-refractivity contribution in [2.45, 2.75) is 19.5 Å². The van der Waals surface area contributed by atoms with Gasteiger partial charge in [-0.2, -0.15) is 5.10 Å². The summed E-state index contributed by atoms with van der Waals surface area (Å²) in [6, 6.07) is 31.1. The molecule has 1 N–H and O–H groups in total. The lowest BCUT2D eigenvalue weighted by Gasteiger charge is -2.31. The van der Waals surface area contributed by atoms with Gasteiger partial charge in [-0.15, -0.1) is 0 Å². The third-order valence-electron chi connectivity index (χ3n) is 6.80. The number of nitrogens with one attached hydrogen (secondary N) is 1. The Balaban J connectivity index is 1.53. The summed E-state index contributed by atoms with van der Waals surface area (Å²) >= 11 is 0. The third kappa shape index (κ3) is 4.04. The van der Waals surface area contributed by atoms with Gasteiger partial charge in [0.2, 0.25) is 0 Å². The first kappa shape index (κ1) is 22.7. The molecule has 0 fully saturated rings. The summed E-state index contributed by atoms with van der Waals surface area (Å²) in [5.41, 5.74) is 5.56. The van der Waals surface area contributed by atoms with Crippen LogP contribution >= 0.6 is 0 Å². The number of nitrogens with zero attached hydrogens (tertiary/aromatic N) is 4. The van der Waals surface area contributed by atoms with Crippen LogP contribution in [0, 0.1) is 6.92 Å². The molecule has 0 spiro atoms. The molecule has 37 heavy (non-hydrogen) atoms. The molecule has 2 amide bonds. The average Bonchev–Trinajstić information content (AvgIpc) is 3.50. The molecule has 6 rings (SSSR count). The predicted molar refractivity (Wildman–Crippen MR) is 143 cm³/mol. The van der Waals surface area contributed by atoms with Crippen LogP contribution in [0.2, 0.25) is 0 Å². The van der Waals surface area contributed by atoms with Crippen LogP contribution in [0.1, 0.15) is 28.6 Å². The Bertz CT molecular complexity index is 1540. The molecule has 0 bridgehead atoms. The summed E-state index contributed by atoms with van der Waals surface area (Å²) in [6.45, 7) is 2.40. The van der Waals surface area contributed by atoms with Gasteiger partial charge in [-0.25, -0.2) is 9.48 Å². The van der Waals surface area contributed by atoms with E-state index in [2.05, 4.69) is 16.0 Å². The van der Waals surface area contributed by atoms with Crippen molar-refractivity contribution < 1.29 is 9.53 Å². The molecule has 3 heterocycles. The van der Waals surface area contributed by atoms with Crippen molar-refractivity contribution in [1.82, 2.24) is 19.2 Å². The highest BCUT2D eigenvalue weighted by atomic mass is 16.5. The zero-order valence-corrected chi connectivity index (χ0v) is 20.7. The number of benzene rings is 3. The number of ether oxygens (including phenoxy) is 1. The number of rotatable bonds is 4. The molecule has 1 atom stereocenters. The number of aromatic nitrogens is 3. The van der Waals surface area contributed by atoms with E-state index in [-0.39, 0.29) is 12.1 Å². The maximum atomic E-state index is 13.9. The molecule has 7 heteroatoms. The van der Waals surface area contributed by atoms with E-state index in [1.165, 1.54) is 0 Å². The predicted octanol–water partition coefficient (Wildman–Crippen LogP) is 6.12. The number of methoxy groups -OCH3 is 1. The molecule has 0 aliphatic carbocycles. The van der Waals surface area contributed by atoms with Crippen molar-refractivity contribution in [2.24, 2.45) is 0 Å². The molecular weight excluding hydrogens is 462 g/mol. The van der Waals surface area contributed by atoms with Crippen molar-refractivity contribution in [2.75, 3.05) is 12.4 Å². The number of carbonyl (C=O) groups excluding carboxylic acids is 1. The maximum absolute atomic E-state index is 13.9. The van der Waals surface area contributed by atoms with Gasteiger partial charge in [-0.1, -0.05) is 48.5 Å². The van der Waals surface area contributed by atoms with Gasteiger partial charge in [-0.05, 0) is 61.0 Å². The molecule has 0 saturated heterocycles. The second kappa shape index (κ2) is 9.35. The highest BCUT2D eigenvalue weighted by molar-refractivity contribution is 5.90. The lowest BCUT2D eigenvalue weighted by Crippen LogP contribution is -2.38. The van der Waals surface area contributed by atoms with E-state index in [1.807, 2.05) is 114 Å². The standard InChI is InChI=1S/C30H27N5O2/c1-21-26-20-34(30(36)31-23-10-5-3-6-11-23)28(22-15-17-25(37-2)18-16-22)27-14-9-19-33(27)29(26)35(32-21)24-12-7-4-8-13-24/h3-19,28H,20H2,1-2H3,(H,31,36). The number of aryl methyl sites for hydroxylation is 1. The van der Waals surface area contributed by atoms with E-state index in [9.17, 15) is 4.79 Å². The fourth-order valence-corrected chi connectivity index (χ4v) is 5.00. The van der Waals surface area contributed by atoms with Crippen molar-refractivity contribution in [3.8, 4) is 17.3 Å². The van der Waals surface area contributed by atoms with Crippen molar-refractivity contribution >= 4 is 11.7 Å². The zero-order valence-electron chi connectivity index (χ0n) is 20.7. The SMILES string of the molecule is COc1ccc(C2c3cccn3-c3c(c(C)nn3-c3ccccc3)CN2C(=O)Nc2ccccc2)cc1. The lowest BCUT2D eigenvalue weighted by molar-refractivity contribution is 0.194. The van der Waals surface area contributed by atoms with Gasteiger partial charge < -0.3 is 19.5 Å². The Morgan fingerprint density at radius 3 is 2.32 bits per heavy atom. The lowest BCUT2D eigenvalue weighted by atomic mass is 10.0. The molecular formula is C30H27N5O2. The molecule has 1 aliphatic heterocycles. The van der Waals surface area contributed by atoms with E-state index in [0.29, 0.717) is 6.54 Å². The van der Waals surface area contributed by atoms with Crippen molar-refractivity contribution in [3.05, 3.63) is 126 Å². The first-order valence-electron chi connectivity index (χ1n) is 12.2. The number of anilines is 1. The number of amides is 2. The number of carbonyl (C=O) groups is 1. The van der Waals surface area contributed by atoms with Gasteiger partial charge in [-0.3, -0.25) is 0 Å². The van der Waals surface area contributed by atoms with Gasteiger partial charge in [0.05, 0.1) is 36.8 Å². The summed E-state index contributed by atoms with van der Waals surface area (Å²) in [7, 11) is 1.65.